The van der Waals surface area contributed by atoms with E-state index in [-0.39, 0.29) is 17.3 Å². The first-order valence-electron chi connectivity index (χ1n) is 9.52. The van der Waals surface area contributed by atoms with Gasteiger partial charge in [-0.05, 0) is 26.3 Å². The lowest BCUT2D eigenvalue weighted by Gasteiger charge is -2.34. The number of fused-ring (bicyclic) bond motifs is 1. The maximum absolute atomic E-state index is 13.8. The monoisotopic (exact) mass is 435 g/mol. The lowest BCUT2D eigenvalue weighted by Crippen LogP contribution is -2.56. The molecule has 31 heavy (non-hydrogen) atoms. The standard InChI is InChI=1S/C20H20F3N5O3/c1-9-11(3)31-19(25-9)26-17(29)13-10(2)24-16-14(12-7-5-4-6-8-12)15(20(21,22)23)27-28(16)18(13)30/h4-8,14-16,24,27H,1-3H3,(H,25,26,29). The molecular formula is C20H20F3N5O3. The van der Waals surface area contributed by atoms with Gasteiger partial charge in [0.25, 0.3) is 11.8 Å². The summed E-state index contributed by atoms with van der Waals surface area (Å²) in [5.41, 5.74) is 3.07. The van der Waals surface area contributed by atoms with Crippen molar-refractivity contribution in [1.82, 2.24) is 20.7 Å². The summed E-state index contributed by atoms with van der Waals surface area (Å²) in [5.74, 6) is -2.31. The number of carbonyl (C=O) groups is 2. The summed E-state index contributed by atoms with van der Waals surface area (Å²) in [7, 11) is 0. The van der Waals surface area contributed by atoms with Crippen molar-refractivity contribution < 1.29 is 27.2 Å². The van der Waals surface area contributed by atoms with Gasteiger partial charge in [-0.25, -0.2) is 10.4 Å². The number of hydrogen-bond acceptors (Lipinski definition) is 6. The van der Waals surface area contributed by atoms with Crippen LogP contribution in [0, 0.1) is 13.8 Å². The number of carbonyl (C=O) groups excluding carboxylic acids is 2. The van der Waals surface area contributed by atoms with E-state index < -0.39 is 36.1 Å². The van der Waals surface area contributed by atoms with Crippen molar-refractivity contribution in [3.63, 3.8) is 0 Å². The van der Waals surface area contributed by atoms with Crippen molar-refractivity contribution >= 4 is 17.8 Å². The Morgan fingerprint density at radius 3 is 2.45 bits per heavy atom. The predicted molar refractivity (Wildman–Crippen MR) is 103 cm³/mol. The molecule has 1 aromatic carbocycles. The van der Waals surface area contributed by atoms with Crippen LogP contribution in [0.2, 0.25) is 0 Å². The first-order chi connectivity index (χ1) is 14.6. The van der Waals surface area contributed by atoms with Gasteiger partial charge in [-0.1, -0.05) is 30.3 Å². The van der Waals surface area contributed by atoms with Crippen molar-refractivity contribution in [3.8, 4) is 0 Å². The van der Waals surface area contributed by atoms with Crippen molar-refractivity contribution in [3.05, 3.63) is 58.6 Å². The smallest absolute Gasteiger partial charge is 0.406 e. The number of rotatable bonds is 3. The fraction of sp³-hybridized carbons (Fsp3) is 0.350. The minimum Gasteiger partial charge on any atom is -0.428 e. The summed E-state index contributed by atoms with van der Waals surface area (Å²) in [6, 6.07) is 6.02. The van der Waals surface area contributed by atoms with Gasteiger partial charge in [0.05, 0.1) is 11.6 Å². The number of amides is 2. The molecule has 2 aromatic rings. The average Bonchev–Trinajstić information content (AvgIpc) is 3.22. The summed E-state index contributed by atoms with van der Waals surface area (Å²) >= 11 is 0. The molecule has 8 nitrogen and oxygen atoms in total. The van der Waals surface area contributed by atoms with Crippen LogP contribution in [0.1, 0.15) is 29.9 Å². The highest BCUT2D eigenvalue weighted by Gasteiger charge is 2.58. The maximum atomic E-state index is 13.8. The topological polar surface area (TPSA) is 99.5 Å². The molecule has 0 aliphatic carbocycles. The third-order valence-electron chi connectivity index (χ3n) is 5.44. The lowest BCUT2D eigenvalue weighted by molar-refractivity contribution is -0.161. The van der Waals surface area contributed by atoms with E-state index in [0.717, 1.165) is 5.01 Å². The van der Waals surface area contributed by atoms with E-state index in [9.17, 15) is 22.8 Å². The second-order valence-corrected chi connectivity index (χ2v) is 7.46. The molecule has 2 aliphatic rings. The van der Waals surface area contributed by atoms with Gasteiger partial charge in [0, 0.05) is 5.70 Å². The highest BCUT2D eigenvalue weighted by atomic mass is 19.4. The zero-order valence-electron chi connectivity index (χ0n) is 16.9. The van der Waals surface area contributed by atoms with E-state index in [1.165, 1.54) is 6.92 Å². The number of hydrogen-bond donors (Lipinski definition) is 3. The molecule has 1 aromatic heterocycles. The number of alkyl halides is 3. The Labute approximate surface area is 175 Å². The van der Waals surface area contributed by atoms with Gasteiger partial charge in [-0.3, -0.25) is 14.9 Å². The Kier molecular flexibility index (Phi) is 5.00. The molecule has 11 heteroatoms. The molecule has 0 saturated carbocycles. The quantitative estimate of drug-likeness (QED) is 0.641. The largest absolute Gasteiger partial charge is 0.428 e. The van der Waals surface area contributed by atoms with Crippen LogP contribution in [0.25, 0.3) is 0 Å². The lowest BCUT2D eigenvalue weighted by atomic mass is 9.89. The molecule has 3 N–H and O–H groups in total. The van der Waals surface area contributed by atoms with Gasteiger partial charge < -0.3 is 9.73 Å². The van der Waals surface area contributed by atoms with Crippen LogP contribution in [-0.2, 0) is 9.59 Å². The Morgan fingerprint density at radius 2 is 1.87 bits per heavy atom. The Balaban J connectivity index is 1.66. The fourth-order valence-electron chi connectivity index (χ4n) is 3.85. The van der Waals surface area contributed by atoms with Crippen molar-refractivity contribution in [2.24, 2.45) is 0 Å². The number of anilines is 1. The average molecular weight is 435 g/mol. The third-order valence-corrected chi connectivity index (χ3v) is 5.44. The van der Waals surface area contributed by atoms with Crippen LogP contribution in [0.3, 0.4) is 0 Å². The number of allylic oxidation sites excluding steroid dienone is 1. The highest BCUT2D eigenvalue weighted by molar-refractivity contribution is 6.23. The SMILES string of the molecule is CC1=C(C(=O)Nc2nc(C)c(C)o2)C(=O)N2NC(C(F)(F)F)C(c3ccccc3)C2N1. The molecule has 1 saturated heterocycles. The summed E-state index contributed by atoms with van der Waals surface area (Å²) in [6.45, 7) is 4.82. The van der Waals surface area contributed by atoms with Crippen molar-refractivity contribution in [2.45, 2.75) is 45.1 Å². The van der Waals surface area contributed by atoms with Crippen molar-refractivity contribution in [1.29, 1.82) is 0 Å². The number of oxazole rings is 1. The van der Waals surface area contributed by atoms with Gasteiger partial charge in [-0.15, -0.1) is 0 Å². The van der Waals surface area contributed by atoms with E-state index in [0.29, 0.717) is 17.0 Å². The van der Waals surface area contributed by atoms with Gasteiger partial charge in [0.2, 0.25) is 0 Å². The number of hydrazine groups is 1. The minimum atomic E-state index is -4.62. The van der Waals surface area contributed by atoms with Crippen LogP contribution in [0.5, 0.6) is 0 Å². The van der Waals surface area contributed by atoms with E-state index >= 15 is 0 Å². The summed E-state index contributed by atoms with van der Waals surface area (Å²) in [6.07, 6.45) is -5.65. The van der Waals surface area contributed by atoms with E-state index in [1.807, 2.05) is 0 Å². The summed E-state index contributed by atoms with van der Waals surface area (Å²) < 4.78 is 46.7. The highest BCUT2D eigenvalue weighted by Crippen LogP contribution is 2.41. The van der Waals surface area contributed by atoms with Gasteiger partial charge in [0.1, 0.15) is 23.5 Å². The van der Waals surface area contributed by atoms with Crippen molar-refractivity contribution in [2.75, 3.05) is 5.32 Å². The van der Waals surface area contributed by atoms with Crippen LogP contribution in [0.15, 0.2) is 46.0 Å². The molecule has 0 bridgehead atoms. The molecule has 164 valence electrons. The molecule has 2 aliphatic heterocycles. The predicted octanol–water partition coefficient (Wildman–Crippen LogP) is 2.49. The minimum absolute atomic E-state index is 0.0973. The normalized spacial score (nSPS) is 23.6. The number of nitrogens with zero attached hydrogens (tertiary/aromatic N) is 2. The van der Waals surface area contributed by atoms with E-state index in [1.54, 1.807) is 44.2 Å². The number of aromatic nitrogens is 1. The number of nitrogens with one attached hydrogen (secondary N) is 3. The number of aryl methyl sites for hydroxylation is 2. The van der Waals surface area contributed by atoms with Gasteiger partial charge in [0.15, 0.2) is 0 Å². The maximum Gasteiger partial charge on any atom is 0.406 e. The molecule has 4 rings (SSSR count). The Bertz CT molecular complexity index is 1040. The van der Waals surface area contributed by atoms with Gasteiger partial charge >= 0.3 is 12.2 Å². The Hall–Kier alpha value is -3.34. The van der Waals surface area contributed by atoms with Crippen LogP contribution >= 0.6 is 0 Å². The molecular weight excluding hydrogens is 415 g/mol. The zero-order chi connectivity index (χ0) is 22.5. The summed E-state index contributed by atoms with van der Waals surface area (Å²) in [4.78, 5) is 29.8. The molecule has 3 heterocycles. The third kappa shape index (κ3) is 3.65. The number of benzene rings is 1. The number of halogens is 3. The van der Waals surface area contributed by atoms with Crippen LogP contribution in [-0.4, -0.2) is 40.2 Å². The zero-order valence-corrected chi connectivity index (χ0v) is 16.9. The fourth-order valence-corrected chi connectivity index (χ4v) is 3.85. The van der Waals surface area contributed by atoms with Crippen LogP contribution in [0.4, 0.5) is 19.2 Å². The second-order valence-electron chi connectivity index (χ2n) is 7.46. The molecule has 1 fully saturated rings. The van der Waals surface area contributed by atoms with Crippen LogP contribution < -0.4 is 16.1 Å². The van der Waals surface area contributed by atoms with Gasteiger partial charge in [-0.2, -0.15) is 18.2 Å². The Morgan fingerprint density at radius 1 is 1.19 bits per heavy atom. The van der Waals surface area contributed by atoms with E-state index in [2.05, 4.69) is 21.0 Å². The molecule has 3 unspecified atom stereocenters. The first-order valence-corrected chi connectivity index (χ1v) is 9.52. The molecule has 2 amide bonds. The van der Waals surface area contributed by atoms with E-state index in [4.69, 9.17) is 4.42 Å². The second kappa shape index (κ2) is 7.41. The molecule has 3 atom stereocenters. The summed E-state index contributed by atoms with van der Waals surface area (Å²) in [5, 5.41) is 6.13. The molecule has 0 spiro atoms. The molecule has 0 radical (unpaired) electrons. The first kappa shape index (κ1) is 20.9.